The van der Waals surface area contributed by atoms with E-state index in [0.717, 1.165) is 0 Å². The summed E-state index contributed by atoms with van der Waals surface area (Å²) in [5.41, 5.74) is 1.66. The number of rotatable bonds is 3. The van der Waals surface area contributed by atoms with Crippen LogP contribution >= 0.6 is 11.6 Å². The van der Waals surface area contributed by atoms with E-state index in [2.05, 4.69) is 0 Å². The predicted molar refractivity (Wildman–Crippen MR) is 77.3 cm³/mol. The molecule has 0 amide bonds. The van der Waals surface area contributed by atoms with Crippen LogP contribution in [0, 0.1) is 19.7 Å². The molecule has 2 aromatic rings. The number of hydrogen-bond donors (Lipinski definition) is 0. The second-order valence-electron chi connectivity index (χ2n) is 4.60. The van der Waals surface area contributed by atoms with Gasteiger partial charge in [0, 0.05) is 10.6 Å². The van der Waals surface area contributed by atoms with Crippen LogP contribution in [0.25, 0.3) is 0 Å². The molecule has 0 aliphatic carbocycles. The summed E-state index contributed by atoms with van der Waals surface area (Å²) in [5, 5.41) is 0.449. The Morgan fingerprint density at radius 1 is 1.15 bits per heavy atom. The molecule has 0 unspecified atom stereocenters. The summed E-state index contributed by atoms with van der Waals surface area (Å²) in [5.74, 6) is -0.0887. The smallest absolute Gasteiger partial charge is 0.196 e. The molecule has 2 rings (SSSR count). The molecule has 0 fully saturated rings. The number of carbonyl (C=O) groups excluding carboxylic acids is 1. The SMILES string of the molecule is COc1ccc(Cl)cc1C(=O)c1cc(C)c(F)c(C)c1. The minimum atomic E-state index is -0.292. The van der Waals surface area contributed by atoms with E-state index in [0.29, 0.717) is 33.0 Å². The first-order valence-corrected chi connectivity index (χ1v) is 6.47. The zero-order valence-corrected chi connectivity index (χ0v) is 12.2. The minimum Gasteiger partial charge on any atom is -0.496 e. The number of methoxy groups -OCH3 is 1. The number of benzene rings is 2. The van der Waals surface area contributed by atoms with Gasteiger partial charge in [-0.15, -0.1) is 0 Å². The maximum Gasteiger partial charge on any atom is 0.196 e. The van der Waals surface area contributed by atoms with E-state index in [-0.39, 0.29) is 11.6 Å². The van der Waals surface area contributed by atoms with E-state index in [4.69, 9.17) is 16.3 Å². The molecular formula is C16H14ClFO2. The van der Waals surface area contributed by atoms with Gasteiger partial charge in [0.25, 0.3) is 0 Å². The number of ether oxygens (including phenoxy) is 1. The normalized spacial score (nSPS) is 10.4. The summed E-state index contributed by atoms with van der Waals surface area (Å²) in [4.78, 5) is 12.5. The Morgan fingerprint density at radius 3 is 2.30 bits per heavy atom. The largest absolute Gasteiger partial charge is 0.496 e. The van der Waals surface area contributed by atoms with Gasteiger partial charge in [-0.1, -0.05) is 11.6 Å². The fourth-order valence-corrected chi connectivity index (χ4v) is 2.26. The Kier molecular flexibility index (Phi) is 4.09. The molecule has 0 N–H and O–H groups in total. The fraction of sp³-hybridized carbons (Fsp3) is 0.188. The molecule has 0 spiro atoms. The van der Waals surface area contributed by atoms with Crippen molar-refractivity contribution in [1.29, 1.82) is 0 Å². The first-order valence-electron chi connectivity index (χ1n) is 6.09. The molecule has 0 aromatic heterocycles. The van der Waals surface area contributed by atoms with Crippen molar-refractivity contribution in [3.8, 4) is 5.75 Å². The van der Waals surface area contributed by atoms with Crippen molar-refractivity contribution in [1.82, 2.24) is 0 Å². The molecule has 0 radical (unpaired) electrons. The van der Waals surface area contributed by atoms with Crippen LogP contribution in [0.5, 0.6) is 5.75 Å². The topological polar surface area (TPSA) is 26.3 Å². The van der Waals surface area contributed by atoms with Crippen molar-refractivity contribution in [2.24, 2.45) is 0 Å². The Hall–Kier alpha value is -1.87. The van der Waals surface area contributed by atoms with Gasteiger partial charge in [0.05, 0.1) is 12.7 Å². The van der Waals surface area contributed by atoms with Crippen LogP contribution < -0.4 is 4.74 Å². The van der Waals surface area contributed by atoms with Crippen molar-refractivity contribution in [3.05, 3.63) is 63.4 Å². The molecule has 4 heteroatoms. The van der Waals surface area contributed by atoms with Gasteiger partial charge in [-0.3, -0.25) is 4.79 Å². The van der Waals surface area contributed by atoms with E-state index in [1.54, 1.807) is 32.0 Å². The van der Waals surface area contributed by atoms with Crippen LogP contribution in [-0.2, 0) is 0 Å². The lowest BCUT2D eigenvalue weighted by molar-refractivity contribution is 0.103. The summed E-state index contributed by atoms with van der Waals surface area (Å²) in [6, 6.07) is 7.91. The molecule has 0 aliphatic heterocycles. The molecule has 0 bridgehead atoms. The van der Waals surface area contributed by atoms with Gasteiger partial charge >= 0.3 is 0 Å². The predicted octanol–water partition coefficient (Wildman–Crippen LogP) is 4.34. The van der Waals surface area contributed by atoms with Crippen LogP contribution in [0.2, 0.25) is 5.02 Å². The lowest BCUT2D eigenvalue weighted by Gasteiger charge is -2.10. The maximum absolute atomic E-state index is 13.6. The third kappa shape index (κ3) is 2.68. The lowest BCUT2D eigenvalue weighted by Crippen LogP contribution is -2.06. The van der Waals surface area contributed by atoms with Crippen LogP contribution in [0.4, 0.5) is 4.39 Å². The van der Waals surface area contributed by atoms with Gasteiger partial charge in [0.1, 0.15) is 11.6 Å². The van der Waals surface area contributed by atoms with E-state index >= 15 is 0 Å². The van der Waals surface area contributed by atoms with Crippen LogP contribution in [0.3, 0.4) is 0 Å². The molecule has 0 saturated carbocycles. The minimum absolute atomic E-state index is 0.240. The third-order valence-corrected chi connectivity index (χ3v) is 3.34. The highest BCUT2D eigenvalue weighted by Gasteiger charge is 2.17. The van der Waals surface area contributed by atoms with Crippen LogP contribution in [0.1, 0.15) is 27.0 Å². The van der Waals surface area contributed by atoms with E-state index < -0.39 is 0 Å². The van der Waals surface area contributed by atoms with Gasteiger partial charge in [0.2, 0.25) is 0 Å². The van der Waals surface area contributed by atoms with Gasteiger partial charge in [0.15, 0.2) is 5.78 Å². The Balaban J connectivity index is 2.54. The van der Waals surface area contributed by atoms with Crippen molar-refractivity contribution < 1.29 is 13.9 Å². The number of aryl methyl sites for hydroxylation is 2. The van der Waals surface area contributed by atoms with Gasteiger partial charge in [-0.05, 0) is 55.3 Å². The van der Waals surface area contributed by atoms with Crippen LogP contribution in [0.15, 0.2) is 30.3 Å². The summed E-state index contributed by atoms with van der Waals surface area (Å²) < 4.78 is 18.8. The number of ketones is 1. The van der Waals surface area contributed by atoms with E-state index in [1.807, 2.05) is 0 Å². The van der Waals surface area contributed by atoms with Crippen molar-refractivity contribution in [2.75, 3.05) is 7.11 Å². The summed E-state index contributed by atoms with van der Waals surface area (Å²) >= 11 is 5.93. The number of halogens is 2. The highest BCUT2D eigenvalue weighted by atomic mass is 35.5. The molecule has 0 heterocycles. The van der Waals surface area contributed by atoms with Crippen molar-refractivity contribution in [3.63, 3.8) is 0 Å². The average Bonchev–Trinajstić information content (AvgIpc) is 2.43. The standard InChI is InChI=1S/C16H14ClFO2/c1-9-6-11(7-10(2)15(9)18)16(19)13-8-12(17)4-5-14(13)20-3/h4-8H,1-3H3. The molecule has 0 saturated heterocycles. The van der Waals surface area contributed by atoms with Gasteiger partial charge in [-0.25, -0.2) is 4.39 Å². The molecule has 2 aromatic carbocycles. The van der Waals surface area contributed by atoms with Gasteiger partial charge < -0.3 is 4.74 Å². The molecule has 2 nitrogen and oxygen atoms in total. The Bertz CT molecular complexity index is 657. The lowest BCUT2D eigenvalue weighted by atomic mass is 9.98. The Labute approximate surface area is 122 Å². The Morgan fingerprint density at radius 2 is 1.75 bits per heavy atom. The summed E-state index contributed by atoms with van der Waals surface area (Å²) in [6.45, 7) is 3.27. The van der Waals surface area contributed by atoms with E-state index in [9.17, 15) is 9.18 Å². The third-order valence-electron chi connectivity index (χ3n) is 3.10. The number of hydrogen-bond acceptors (Lipinski definition) is 2. The number of carbonyl (C=O) groups is 1. The quantitative estimate of drug-likeness (QED) is 0.787. The highest BCUT2D eigenvalue weighted by Crippen LogP contribution is 2.26. The summed E-state index contributed by atoms with van der Waals surface area (Å²) in [6.07, 6.45) is 0. The molecule has 104 valence electrons. The average molecular weight is 293 g/mol. The zero-order chi connectivity index (χ0) is 14.9. The van der Waals surface area contributed by atoms with Crippen LogP contribution in [-0.4, -0.2) is 12.9 Å². The highest BCUT2D eigenvalue weighted by molar-refractivity contribution is 6.31. The zero-order valence-electron chi connectivity index (χ0n) is 11.5. The fourth-order valence-electron chi connectivity index (χ4n) is 2.09. The first-order chi connectivity index (χ1) is 9.43. The van der Waals surface area contributed by atoms with Gasteiger partial charge in [-0.2, -0.15) is 0 Å². The molecular weight excluding hydrogens is 279 g/mol. The van der Waals surface area contributed by atoms with Crippen molar-refractivity contribution in [2.45, 2.75) is 13.8 Å². The molecule has 0 aliphatic rings. The molecule has 20 heavy (non-hydrogen) atoms. The monoisotopic (exact) mass is 292 g/mol. The second-order valence-corrected chi connectivity index (χ2v) is 5.03. The molecule has 0 atom stereocenters. The summed E-state index contributed by atoms with van der Waals surface area (Å²) in [7, 11) is 1.49. The first kappa shape index (κ1) is 14.5. The maximum atomic E-state index is 13.6. The second kappa shape index (κ2) is 5.63. The van der Waals surface area contributed by atoms with E-state index in [1.165, 1.54) is 19.2 Å². The van der Waals surface area contributed by atoms with Crippen molar-refractivity contribution >= 4 is 17.4 Å².